The average molecular weight is 539 g/mol. The van der Waals surface area contributed by atoms with Gasteiger partial charge in [-0.2, -0.15) is 13.6 Å². The van der Waals surface area contributed by atoms with Gasteiger partial charge in [-0.05, 0) is 18.1 Å². The standard InChI is InChI=1S/C13H21FN3O13P3/c1-7(2)3-5-13(28-32(23,24)30-33(25,26)29-31(20,21)22)10(18)9(14)11(27-13)17-6-4-8(15)16-12(17)19/h3-7,9-11,18H,1-2H3,(H,23,24)(H,25,26)(H2,15,16,19)(H2,20,21,22)/b5-3+/t9-,10+,11+,13+/m0/s1. The minimum atomic E-state index is -5.92. The largest absolute Gasteiger partial charge is 0.490 e. The van der Waals surface area contributed by atoms with Crippen LogP contribution in [0.2, 0.25) is 0 Å². The van der Waals surface area contributed by atoms with Crippen LogP contribution < -0.4 is 11.4 Å². The normalized spacial score (nSPS) is 29.9. The van der Waals surface area contributed by atoms with E-state index in [0.29, 0.717) is 4.57 Å². The van der Waals surface area contributed by atoms with Crippen molar-refractivity contribution in [3.63, 3.8) is 0 Å². The molecule has 0 aliphatic carbocycles. The van der Waals surface area contributed by atoms with Gasteiger partial charge >= 0.3 is 29.2 Å². The molecule has 0 saturated carbocycles. The van der Waals surface area contributed by atoms with Crippen LogP contribution in [0.5, 0.6) is 0 Å². The molecule has 0 radical (unpaired) electrons. The smallest absolute Gasteiger partial charge is 0.384 e. The molecule has 1 aliphatic rings. The number of phosphoric ester groups is 1. The quantitative estimate of drug-likeness (QED) is 0.182. The Balaban J connectivity index is 2.46. The summed E-state index contributed by atoms with van der Waals surface area (Å²) in [6.07, 6.45) is -3.91. The second kappa shape index (κ2) is 9.74. The van der Waals surface area contributed by atoms with Crippen LogP contribution in [0.4, 0.5) is 10.2 Å². The summed E-state index contributed by atoms with van der Waals surface area (Å²) in [6, 6.07) is 1.09. The SMILES string of the molecule is CC(C)/C=C/[C@]1(OP(=O)(O)OP(=O)(O)OP(=O)(O)O)O[C@@H](n2ccc(N)nc2=O)[C@@H](F)[C@H]1O. The van der Waals surface area contributed by atoms with Crippen LogP contribution in [-0.4, -0.2) is 52.3 Å². The molecule has 0 amide bonds. The molecule has 7 N–H and O–H groups in total. The zero-order chi connectivity index (χ0) is 25.4. The maximum Gasteiger partial charge on any atom is 0.490 e. The van der Waals surface area contributed by atoms with Crippen LogP contribution in [0.3, 0.4) is 0 Å². The van der Waals surface area contributed by atoms with Crippen LogP contribution in [-0.2, 0) is 31.6 Å². The third-order valence-electron chi connectivity index (χ3n) is 3.80. The molecule has 20 heteroatoms. The Morgan fingerprint density at radius 1 is 1.24 bits per heavy atom. The molecule has 2 rings (SSSR count). The van der Waals surface area contributed by atoms with E-state index in [1.165, 1.54) is 6.08 Å². The topological polar surface area (TPSA) is 250 Å². The summed E-state index contributed by atoms with van der Waals surface area (Å²) in [6.45, 7) is 3.21. The zero-order valence-electron chi connectivity index (χ0n) is 16.8. The first-order valence-corrected chi connectivity index (χ1v) is 13.3. The number of anilines is 1. The number of ether oxygens (including phenoxy) is 1. The molecule has 6 atom stereocenters. The van der Waals surface area contributed by atoms with Gasteiger partial charge in [0.05, 0.1) is 0 Å². The molecule has 16 nitrogen and oxygen atoms in total. The number of hydrogen-bond acceptors (Lipinski definition) is 11. The number of alkyl halides is 1. The first-order chi connectivity index (χ1) is 14.9. The van der Waals surface area contributed by atoms with E-state index in [1.807, 2.05) is 0 Å². The highest BCUT2D eigenvalue weighted by Crippen LogP contribution is 2.68. The number of allylic oxidation sites excluding steroid dienone is 1. The highest BCUT2D eigenvalue weighted by atomic mass is 31.3. The number of hydrogen-bond donors (Lipinski definition) is 6. The number of rotatable bonds is 9. The summed E-state index contributed by atoms with van der Waals surface area (Å²) in [7, 11) is -17.5. The first-order valence-electron chi connectivity index (χ1n) is 8.75. The van der Waals surface area contributed by atoms with E-state index >= 15 is 0 Å². The number of phosphoric acid groups is 3. The third kappa shape index (κ3) is 7.33. The van der Waals surface area contributed by atoms with Crippen molar-refractivity contribution in [3.05, 3.63) is 34.9 Å². The summed E-state index contributed by atoms with van der Waals surface area (Å²) in [5, 5.41) is 10.4. The van der Waals surface area contributed by atoms with E-state index in [1.54, 1.807) is 13.8 Å². The van der Waals surface area contributed by atoms with Gasteiger partial charge in [0, 0.05) is 6.20 Å². The molecule has 1 aromatic rings. The second-order valence-electron chi connectivity index (χ2n) is 6.95. The summed E-state index contributed by atoms with van der Waals surface area (Å²) in [5.74, 6) is -3.44. The van der Waals surface area contributed by atoms with Gasteiger partial charge in [0.15, 0.2) is 12.4 Å². The van der Waals surface area contributed by atoms with Crippen LogP contribution in [0, 0.1) is 5.92 Å². The van der Waals surface area contributed by atoms with Gasteiger partial charge < -0.3 is 35.2 Å². The molecule has 0 bridgehead atoms. The summed E-state index contributed by atoms with van der Waals surface area (Å²) < 4.78 is 67.3. The van der Waals surface area contributed by atoms with Crippen molar-refractivity contribution >= 4 is 29.3 Å². The second-order valence-corrected chi connectivity index (χ2v) is 11.3. The van der Waals surface area contributed by atoms with E-state index < -0.39 is 53.4 Å². The molecule has 1 fully saturated rings. The highest BCUT2D eigenvalue weighted by Gasteiger charge is 2.60. The predicted molar refractivity (Wildman–Crippen MR) is 106 cm³/mol. The van der Waals surface area contributed by atoms with E-state index in [9.17, 15) is 37.8 Å². The number of aliphatic hydroxyl groups is 1. The highest BCUT2D eigenvalue weighted by molar-refractivity contribution is 7.66. The van der Waals surface area contributed by atoms with Gasteiger partial charge in [-0.3, -0.25) is 4.57 Å². The minimum Gasteiger partial charge on any atom is -0.384 e. The van der Waals surface area contributed by atoms with Gasteiger partial charge in [0.25, 0.3) is 0 Å². The maximum atomic E-state index is 15.0. The molecule has 0 spiro atoms. The van der Waals surface area contributed by atoms with Crippen molar-refractivity contribution in [1.82, 2.24) is 9.55 Å². The number of nitrogens with zero attached hydrogens (tertiary/aromatic N) is 2. The fraction of sp³-hybridized carbons (Fsp3) is 0.538. The summed E-state index contributed by atoms with van der Waals surface area (Å²) in [4.78, 5) is 51.8. The van der Waals surface area contributed by atoms with Gasteiger partial charge in [0.1, 0.15) is 11.9 Å². The lowest BCUT2D eigenvalue weighted by Gasteiger charge is -2.30. The van der Waals surface area contributed by atoms with Gasteiger partial charge in [0.2, 0.25) is 5.79 Å². The Labute approximate surface area is 184 Å². The van der Waals surface area contributed by atoms with E-state index in [2.05, 4.69) is 18.1 Å². The van der Waals surface area contributed by atoms with Crippen molar-refractivity contribution < 1.29 is 60.6 Å². The van der Waals surface area contributed by atoms with Gasteiger partial charge in [-0.1, -0.05) is 19.9 Å². The van der Waals surface area contributed by atoms with Crippen LogP contribution in [0.15, 0.2) is 29.2 Å². The molecule has 2 unspecified atom stereocenters. The van der Waals surface area contributed by atoms with Crippen LogP contribution >= 0.6 is 23.5 Å². The van der Waals surface area contributed by atoms with Crippen molar-refractivity contribution in [2.75, 3.05) is 5.73 Å². The third-order valence-corrected chi connectivity index (χ3v) is 7.65. The number of nitrogens with two attached hydrogens (primary N) is 1. The fourth-order valence-electron chi connectivity index (χ4n) is 2.58. The van der Waals surface area contributed by atoms with Crippen LogP contribution in [0.1, 0.15) is 20.1 Å². The molecular weight excluding hydrogens is 518 g/mol. The Kier molecular flexibility index (Phi) is 8.24. The lowest BCUT2D eigenvalue weighted by molar-refractivity contribution is -0.194. The van der Waals surface area contributed by atoms with Crippen molar-refractivity contribution in [2.24, 2.45) is 5.92 Å². The number of nitrogen functional groups attached to an aromatic ring is 1. The Bertz CT molecular complexity index is 1110. The van der Waals surface area contributed by atoms with E-state index in [-0.39, 0.29) is 11.7 Å². The first kappa shape index (κ1) is 27.9. The van der Waals surface area contributed by atoms with E-state index in [0.717, 1.165) is 18.3 Å². The number of halogens is 1. The molecule has 0 aromatic carbocycles. The number of aliphatic hydroxyl groups excluding tert-OH is 1. The predicted octanol–water partition coefficient (Wildman–Crippen LogP) is 0.305. The van der Waals surface area contributed by atoms with E-state index in [4.69, 9.17) is 20.3 Å². The zero-order valence-corrected chi connectivity index (χ0v) is 19.5. The molecule has 1 aliphatic heterocycles. The number of aromatic nitrogens is 2. The van der Waals surface area contributed by atoms with Crippen molar-refractivity contribution in [2.45, 2.75) is 38.1 Å². The molecular formula is C13H21FN3O13P3. The van der Waals surface area contributed by atoms with Crippen molar-refractivity contribution in [3.8, 4) is 0 Å². The summed E-state index contributed by atoms with van der Waals surface area (Å²) in [5.41, 5.74) is 4.25. The lowest BCUT2D eigenvalue weighted by atomic mass is 10.1. The molecule has 2 heterocycles. The van der Waals surface area contributed by atoms with Crippen LogP contribution in [0.25, 0.3) is 0 Å². The molecule has 1 saturated heterocycles. The molecule has 188 valence electrons. The average Bonchev–Trinajstić information content (AvgIpc) is 2.82. The van der Waals surface area contributed by atoms with Gasteiger partial charge in [-0.15, -0.1) is 0 Å². The molecule has 1 aromatic heterocycles. The lowest BCUT2D eigenvalue weighted by Crippen LogP contribution is -2.42. The Hall–Kier alpha value is -1.32. The van der Waals surface area contributed by atoms with Crippen molar-refractivity contribution in [1.29, 1.82) is 0 Å². The minimum absolute atomic E-state index is 0.218. The Morgan fingerprint density at radius 2 is 1.85 bits per heavy atom. The maximum absolute atomic E-state index is 15.0. The summed E-state index contributed by atoms with van der Waals surface area (Å²) >= 11 is 0. The fourth-order valence-corrected chi connectivity index (χ4v) is 5.79. The Morgan fingerprint density at radius 3 is 2.36 bits per heavy atom. The monoisotopic (exact) mass is 539 g/mol. The molecule has 33 heavy (non-hydrogen) atoms. The van der Waals surface area contributed by atoms with Gasteiger partial charge in [-0.25, -0.2) is 27.4 Å².